The summed E-state index contributed by atoms with van der Waals surface area (Å²) in [6.45, 7) is 2.15. The molecule has 0 saturated heterocycles. The first-order chi connectivity index (χ1) is 3.83. The topological polar surface area (TPSA) is 12.4 Å². The van der Waals surface area contributed by atoms with Crippen molar-refractivity contribution < 1.29 is 0 Å². The van der Waals surface area contributed by atoms with Crippen molar-refractivity contribution in [2.75, 3.05) is 12.0 Å². The summed E-state index contributed by atoms with van der Waals surface area (Å²) < 4.78 is 1.25. The average Bonchev–Trinajstić information content (AvgIpc) is 2.14. The van der Waals surface area contributed by atoms with Gasteiger partial charge in [0, 0.05) is 5.75 Å². The van der Waals surface area contributed by atoms with E-state index >= 15 is 0 Å². The van der Waals surface area contributed by atoms with Crippen LogP contribution >= 0.6 is 23.5 Å². The number of thioether (sulfide) groups is 2. The Balaban J connectivity index is 2.44. The molecule has 0 amide bonds. The van der Waals surface area contributed by atoms with Crippen molar-refractivity contribution in [3.05, 3.63) is 0 Å². The molecular formula is C5H9NS2. The van der Waals surface area contributed by atoms with E-state index in [0.717, 1.165) is 0 Å². The summed E-state index contributed by atoms with van der Waals surface area (Å²) in [5, 5.41) is 0. The molecule has 0 saturated carbocycles. The molecule has 0 radical (unpaired) electrons. The van der Waals surface area contributed by atoms with Crippen LogP contribution in [0.5, 0.6) is 0 Å². The van der Waals surface area contributed by atoms with E-state index < -0.39 is 0 Å². The normalized spacial score (nSPS) is 28.2. The lowest BCUT2D eigenvalue weighted by Crippen LogP contribution is -1.92. The highest BCUT2D eigenvalue weighted by atomic mass is 32.2. The van der Waals surface area contributed by atoms with Crippen LogP contribution in [0.1, 0.15) is 6.92 Å². The van der Waals surface area contributed by atoms with Crippen LogP contribution in [-0.2, 0) is 0 Å². The third-order valence-electron chi connectivity index (χ3n) is 0.948. The zero-order valence-corrected chi connectivity index (χ0v) is 6.68. The van der Waals surface area contributed by atoms with Gasteiger partial charge in [-0.05, 0) is 13.2 Å². The van der Waals surface area contributed by atoms with Crippen molar-refractivity contribution in [3.8, 4) is 0 Å². The molecule has 1 atom stereocenters. The number of hydrogen-bond donors (Lipinski definition) is 0. The van der Waals surface area contributed by atoms with Crippen LogP contribution in [0.2, 0.25) is 0 Å². The van der Waals surface area contributed by atoms with Crippen LogP contribution in [0.4, 0.5) is 0 Å². The van der Waals surface area contributed by atoms with Crippen molar-refractivity contribution >= 4 is 27.9 Å². The van der Waals surface area contributed by atoms with Gasteiger partial charge < -0.3 is 0 Å². The summed E-state index contributed by atoms with van der Waals surface area (Å²) >= 11 is 3.61. The van der Waals surface area contributed by atoms with Crippen molar-refractivity contribution in [3.63, 3.8) is 0 Å². The van der Waals surface area contributed by atoms with Crippen LogP contribution in [-0.4, -0.2) is 22.4 Å². The second-order valence-corrected chi connectivity index (χ2v) is 3.82. The Hall–Kier alpha value is 0.370. The fourth-order valence-corrected chi connectivity index (χ4v) is 2.23. The molecule has 1 rings (SSSR count). The van der Waals surface area contributed by atoms with E-state index in [2.05, 4.69) is 18.2 Å². The molecule has 0 bridgehead atoms. The maximum absolute atomic E-state index is 4.35. The SMILES string of the molecule is CSC1=N[C@@H](C)CS1. The molecule has 1 heterocycles. The van der Waals surface area contributed by atoms with Gasteiger partial charge >= 0.3 is 0 Å². The second-order valence-electron chi connectivity index (χ2n) is 1.76. The van der Waals surface area contributed by atoms with E-state index in [1.54, 1.807) is 11.8 Å². The Morgan fingerprint density at radius 3 is 2.88 bits per heavy atom. The van der Waals surface area contributed by atoms with Gasteiger partial charge in [-0.1, -0.05) is 11.8 Å². The number of aliphatic imine (C=N–C) groups is 1. The van der Waals surface area contributed by atoms with Crippen LogP contribution in [0.25, 0.3) is 0 Å². The molecule has 0 aliphatic carbocycles. The smallest absolute Gasteiger partial charge is 0.124 e. The summed E-state index contributed by atoms with van der Waals surface area (Å²) in [6, 6.07) is 0.558. The monoisotopic (exact) mass is 147 g/mol. The molecule has 0 aromatic heterocycles. The van der Waals surface area contributed by atoms with E-state index in [1.165, 1.54) is 10.1 Å². The molecule has 3 heteroatoms. The van der Waals surface area contributed by atoms with Crippen molar-refractivity contribution in [1.29, 1.82) is 0 Å². The summed E-state index contributed by atoms with van der Waals surface area (Å²) in [5.41, 5.74) is 0. The molecule has 1 nitrogen and oxygen atoms in total. The van der Waals surface area contributed by atoms with Crippen molar-refractivity contribution in [2.24, 2.45) is 4.99 Å². The van der Waals surface area contributed by atoms with Gasteiger partial charge in [-0.25, -0.2) is 0 Å². The van der Waals surface area contributed by atoms with Crippen LogP contribution in [0.15, 0.2) is 4.99 Å². The van der Waals surface area contributed by atoms with Crippen molar-refractivity contribution in [2.45, 2.75) is 13.0 Å². The van der Waals surface area contributed by atoms with Gasteiger partial charge in [-0.3, -0.25) is 4.99 Å². The Morgan fingerprint density at radius 2 is 2.62 bits per heavy atom. The summed E-state index contributed by atoms with van der Waals surface area (Å²) in [6.07, 6.45) is 2.07. The summed E-state index contributed by atoms with van der Waals surface area (Å²) in [5.74, 6) is 1.18. The first-order valence-electron chi connectivity index (χ1n) is 2.57. The van der Waals surface area contributed by atoms with E-state index in [9.17, 15) is 0 Å². The molecule has 0 aromatic carbocycles. The minimum Gasteiger partial charge on any atom is -0.268 e. The molecule has 1 aliphatic heterocycles. The van der Waals surface area contributed by atoms with Gasteiger partial charge in [0.15, 0.2) is 0 Å². The Morgan fingerprint density at radius 1 is 1.88 bits per heavy atom. The highest BCUT2D eigenvalue weighted by molar-refractivity contribution is 8.38. The van der Waals surface area contributed by atoms with Gasteiger partial charge in [0.1, 0.15) is 4.38 Å². The van der Waals surface area contributed by atoms with E-state index in [0.29, 0.717) is 6.04 Å². The number of nitrogens with zero attached hydrogens (tertiary/aromatic N) is 1. The third-order valence-corrected chi connectivity index (χ3v) is 3.26. The minimum absolute atomic E-state index is 0.558. The lowest BCUT2D eigenvalue weighted by Gasteiger charge is -1.87. The molecule has 0 spiro atoms. The molecule has 46 valence electrons. The highest BCUT2D eigenvalue weighted by Gasteiger charge is 2.11. The van der Waals surface area contributed by atoms with E-state index in [-0.39, 0.29) is 0 Å². The van der Waals surface area contributed by atoms with Gasteiger partial charge in [0.05, 0.1) is 6.04 Å². The number of hydrogen-bond acceptors (Lipinski definition) is 3. The Bertz CT molecular complexity index is 111. The Kier molecular flexibility index (Phi) is 2.26. The first-order valence-corrected chi connectivity index (χ1v) is 4.78. The van der Waals surface area contributed by atoms with Crippen LogP contribution < -0.4 is 0 Å². The zero-order chi connectivity index (χ0) is 5.98. The van der Waals surface area contributed by atoms with Gasteiger partial charge in [0.25, 0.3) is 0 Å². The molecule has 1 aliphatic rings. The molecular weight excluding hydrogens is 138 g/mol. The third kappa shape index (κ3) is 1.42. The maximum atomic E-state index is 4.35. The van der Waals surface area contributed by atoms with Gasteiger partial charge in [-0.2, -0.15) is 0 Å². The predicted octanol–water partition coefficient (Wildman–Crippen LogP) is 1.84. The predicted molar refractivity (Wildman–Crippen MR) is 42.9 cm³/mol. The number of rotatable bonds is 0. The minimum atomic E-state index is 0.558. The zero-order valence-electron chi connectivity index (χ0n) is 5.05. The largest absolute Gasteiger partial charge is 0.268 e. The van der Waals surface area contributed by atoms with Gasteiger partial charge in [0.2, 0.25) is 0 Å². The Labute approximate surface area is 58.3 Å². The van der Waals surface area contributed by atoms with Crippen LogP contribution in [0, 0.1) is 0 Å². The molecule has 8 heavy (non-hydrogen) atoms. The van der Waals surface area contributed by atoms with Gasteiger partial charge in [-0.15, -0.1) is 11.8 Å². The quantitative estimate of drug-likeness (QED) is 0.518. The highest BCUT2D eigenvalue weighted by Crippen LogP contribution is 2.23. The average molecular weight is 147 g/mol. The van der Waals surface area contributed by atoms with E-state index in [4.69, 9.17) is 0 Å². The van der Waals surface area contributed by atoms with Crippen molar-refractivity contribution in [1.82, 2.24) is 0 Å². The first kappa shape index (κ1) is 6.49. The van der Waals surface area contributed by atoms with E-state index in [1.807, 2.05) is 11.8 Å². The summed E-state index contributed by atoms with van der Waals surface area (Å²) in [7, 11) is 0. The fourth-order valence-electron chi connectivity index (χ4n) is 0.558. The lowest BCUT2D eigenvalue weighted by molar-refractivity contribution is 0.867. The molecule has 0 unspecified atom stereocenters. The summed E-state index contributed by atoms with van der Waals surface area (Å²) in [4.78, 5) is 4.35. The second kappa shape index (κ2) is 2.78. The molecule has 0 fully saturated rings. The van der Waals surface area contributed by atoms with Crippen LogP contribution in [0.3, 0.4) is 0 Å². The lowest BCUT2D eigenvalue weighted by atomic mass is 10.4. The molecule has 0 N–H and O–H groups in total. The maximum Gasteiger partial charge on any atom is 0.124 e. The molecule has 0 aromatic rings. The standard InChI is InChI=1S/C5H9NS2/c1-4-3-8-5(6-4)7-2/h4H,3H2,1-2H3/t4-/m0/s1. The fraction of sp³-hybridized carbons (Fsp3) is 0.800.